The normalized spacial score (nSPS) is 15.9. The summed E-state index contributed by atoms with van der Waals surface area (Å²) >= 11 is 0. The zero-order valence-electron chi connectivity index (χ0n) is 12.5. The second kappa shape index (κ2) is 5.35. The van der Waals surface area contributed by atoms with Crippen molar-refractivity contribution in [3.8, 4) is 17.1 Å². The molecule has 0 unspecified atom stereocenters. The number of nitrogens with two attached hydrogens (primary N) is 1. The van der Waals surface area contributed by atoms with E-state index < -0.39 is 0 Å². The van der Waals surface area contributed by atoms with Crippen LogP contribution in [0.3, 0.4) is 0 Å². The first-order valence-electron chi connectivity index (χ1n) is 7.37. The number of hydrogen-bond donors (Lipinski definition) is 1. The topological polar surface area (TPSA) is 78.8 Å². The lowest BCUT2D eigenvalue weighted by Gasteiger charge is -2.14. The Morgan fingerprint density at radius 2 is 2.19 bits per heavy atom. The summed E-state index contributed by atoms with van der Waals surface area (Å²) in [6, 6.07) is 5.65. The largest absolute Gasteiger partial charge is 0.495 e. The van der Waals surface area contributed by atoms with Gasteiger partial charge in [-0.15, -0.1) is 5.10 Å². The van der Waals surface area contributed by atoms with Crippen molar-refractivity contribution in [3.63, 3.8) is 0 Å². The monoisotopic (exact) mass is 287 g/mol. The van der Waals surface area contributed by atoms with Crippen LogP contribution in [0.5, 0.6) is 5.75 Å². The SMILES string of the molecule is CCCC1(Cn2nnnc2-c2ccc(OC)c(N)c2)CC1. The quantitative estimate of drug-likeness (QED) is 0.826. The molecule has 2 aromatic rings. The number of ether oxygens (including phenoxy) is 1. The fourth-order valence-electron chi connectivity index (χ4n) is 2.90. The summed E-state index contributed by atoms with van der Waals surface area (Å²) < 4.78 is 7.09. The van der Waals surface area contributed by atoms with E-state index in [0.717, 1.165) is 17.9 Å². The van der Waals surface area contributed by atoms with Gasteiger partial charge in [-0.1, -0.05) is 13.3 Å². The summed E-state index contributed by atoms with van der Waals surface area (Å²) in [5.74, 6) is 1.44. The highest BCUT2D eigenvalue weighted by Gasteiger charge is 2.42. The zero-order valence-corrected chi connectivity index (χ0v) is 12.5. The number of anilines is 1. The van der Waals surface area contributed by atoms with Crippen molar-refractivity contribution in [2.75, 3.05) is 12.8 Å². The number of benzene rings is 1. The summed E-state index contributed by atoms with van der Waals surface area (Å²) in [6.07, 6.45) is 4.97. The van der Waals surface area contributed by atoms with Crippen LogP contribution in [0.25, 0.3) is 11.4 Å². The van der Waals surface area contributed by atoms with Crippen molar-refractivity contribution >= 4 is 5.69 Å². The van der Waals surface area contributed by atoms with Gasteiger partial charge in [-0.05, 0) is 53.3 Å². The Morgan fingerprint density at radius 3 is 2.81 bits per heavy atom. The van der Waals surface area contributed by atoms with E-state index in [4.69, 9.17) is 10.5 Å². The highest BCUT2D eigenvalue weighted by molar-refractivity contribution is 5.66. The Morgan fingerprint density at radius 1 is 1.38 bits per heavy atom. The average molecular weight is 287 g/mol. The molecule has 1 aromatic carbocycles. The van der Waals surface area contributed by atoms with Crippen LogP contribution in [-0.2, 0) is 6.54 Å². The summed E-state index contributed by atoms with van der Waals surface area (Å²) in [7, 11) is 1.61. The number of nitrogens with zero attached hydrogens (tertiary/aromatic N) is 4. The van der Waals surface area contributed by atoms with Gasteiger partial charge in [0.15, 0.2) is 5.82 Å². The first-order valence-corrected chi connectivity index (χ1v) is 7.37. The van der Waals surface area contributed by atoms with Crippen molar-refractivity contribution in [3.05, 3.63) is 18.2 Å². The van der Waals surface area contributed by atoms with Gasteiger partial charge >= 0.3 is 0 Å². The van der Waals surface area contributed by atoms with Crippen LogP contribution in [0.15, 0.2) is 18.2 Å². The predicted octanol–water partition coefficient (Wildman–Crippen LogP) is 2.51. The van der Waals surface area contributed by atoms with Crippen molar-refractivity contribution in [1.29, 1.82) is 0 Å². The lowest BCUT2D eigenvalue weighted by molar-refractivity contribution is 0.365. The maximum atomic E-state index is 5.97. The molecule has 0 amide bonds. The average Bonchev–Trinajstić information content (AvgIpc) is 3.07. The fraction of sp³-hybridized carbons (Fsp3) is 0.533. The minimum absolute atomic E-state index is 0.400. The minimum Gasteiger partial charge on any atom is -0.495 e. The Balaban J connectivity index is 1.87. The van der Waals surface area contributed by atoms with Gasteiger partial charge in [0.1, 0.15) is 5.75 Å². The van der Waals surface area contributed by atoms with Crippen LogP contribution < -0.4 is 10.5 Å². The van der Waals surface area contributed by atoms with Crippen LogP contribution >= 0.6 is 0 Å². The number of methoxy groups -OCH3 is 1. The number of aromatic nitrogens is 4. The van der Waals surface area contributed by atoms with Gasteiger partial charge in [-0.3, -0.25) is 0 Å². The summed E-state index contributed by atoms with van der Waals surface area (Å²) in [5.41, 5.74) is 7.89. The van der Waals surface area contributed by atoms with Crippen LogP contribution in [0.2, 0.25) is 0 Å². The molecule has 6 nitrogen and oxygen atoms in total. The molecule has 0 bridgehead atoms. The van der Waals surface area contributed by atoms with Gasteiger partial charge < -0.3 is 10.5 Å². The molecule has 1 aromatic heterocycles. The van der Waals surface area contributed by atoms with Crippen molar-refractivity contribution in [2.24, 2.45) is 5.41 Å². The van der Waals surface area contributed by atoms with E-state index in [1.54, 1.807) is 7.11 Å². The lowest BCUT2D eigenvalue weighted by atomic mass is 10.0. The van der Waals surface area contributed by atoms with Gasteiger partial charge in [-0.2, -0.15) is 0 Å². The highest BCUT2D eigenvalue weighted by Crippen LogP contribution is 2.51. The third-order valence-corrected chi connectivity index (χ3v) is 4.24. The van der Waals surface area contributed by atoms with E-state index in [1.807, 2.05) is 22.9 Å². The maximum absolute atomic E-state index is 5.97. The maximum Gasteiger partial charge on any atom is 0.182 e. The molecule has 3 rings (SSSR count). The Hall–Kier alpha value is -2.11. The smallest absolute Gasteiger partial charge is 0.182 e. The molecule has 0 spiro atoms. The summed E-state index contributed by atoms with van der Waals surface area (Å²) in [5, 5.41) is 12.2. The number of nitrogen functional groups attached to an aromatic ring is 1. The molecule has 1 aliphatic rings. The molecular weight excluding hydrogens is 266 g/mol. The standard InChI is InChI=1S/C15H21N5O/c1-3-6-15(7-8-15)10-20-14(17-18-19-20)11-4-5-13(21-2)12(16)9-11/h4-5,9H,3,6-8,10,16H2,1-2H3. The van der Waals surface area contributed by atoms with Crippen molar-refractivity contribution in [2.45, 2.75) is 39.2 Å². The Kier molecular flexibility index (Phi) is 3.53. The molecule has 1 aliphatic carbocycles. The van der Waals surface area contributed by atoms with E-state index in [0.29, 0.717) is 16.9 Å². The predicted molar refractivity (Wildman–Crippen MR) is 80.8 cm³/mol. The Bertz CT molecular complexity index is 633. The van der Waals surface area contributed by atoms with Crippen LogP contribution in [-0.4, -0.2) is 27.3 Å². The van der Waals surface area contributed by atoms with E-state index in [-0.39, 0.29) is 0 Å². The van der Waals surface area contributed by atoms with Crippen molar-refractivity contribution in [1.82, 2.24) is 20.2 Å². The van der Waals surface area contributed by atoms with Crippen LogP contribution in [0, 0.1) is 5.41 Å². The molecule has 6 heteroatoms. The number of hydrogen-bond acceptors (Lipinski definition) is 5. The number of rotatable bonds is 6. The van der Waals surface area contributed by atoms with Crippen molar-refractivity contribution < 1.29 is 4.74 Å². The van der Waals surface area contributed by atoms with E-state index in [1.165, 1.54) is 25.7 Å². The zero-order chi connectivity index (χ0) is 14.9. The molecule has 1 saturated carbocycles. The molecule has 112 valence electrons. The second-order valence-corrected chi connectivity index (χ2v) is 5.87. The molecule has 1 fully saturated rings. The van der Waals surface area contributed by atoms with Gasteiger partial charge in [-0.25, -0.2) is 4.68 Å². The highest BCUT2D eigenvalue weighted by atomic mass is 16.5. The number of tetrazole rings is 1. The van der Waals surface area contributed by atoms with Gasteiger partial charge in [0.05, 0.1) is 19.3 Å². The van der Waals surface area contributed by atoms with Crippen LogP contribution in [0.1, 0.15) is 32.6 Å². The summed E-state index contributed by atoms with van der Waals surface area (Å²) in [4.78, 5) is 0. The molecule has 1 heterocycles. The van der Waals surface area contributed by atoms with Crippen LogP contribution in [0.4, 0.5) is 5.69 Å². The van der Waals surface area contributed by atoms with Gasteiger partial charge in [0.25, 0.3) is 0 Å². The van der Waals surface area contributed by atoms with E-state index >= 15 is 0 Å². The first kappa shape index (κ1) is 13.9. The lowest BCUT2D eigenvalue weighted by Crippen LogP contribution is -2.14. The molecule has 0 aliphatic heterocycles. The first-order chi connectivity index (χ1) is 10.2. The second-order valence-electron chi connectivity index (χ2n) is 5.87. The molecule has 21 heavy (non-hydrogen) atoms. The van der Waals surface area contributed by atoms with Gasteiger partial charge in [0.2, 0.25) is 0 Å². The molecule has 0 atom stereocenters. The molecular formula is C15H21N5O. The fourth-order valence-corrected chi connectivity index (χ4v) is 2.90. The molecule has 0 saturated heterocycles. The minimum atomic E-state index is 0.400. The van der Waals surface area contributed by atoms with E-state index in [2.05, 4.69) is 22.4 Å². The van der Waals surface area contributed by atoms with Gasteiger partial charge in [0, 0.05) is 5.56 Å². The third-order valence-electron chi connectivity index (χ3n) is 4.24. The summed E-state index contributed by atoms with van der Waals surface area (Å²) in [6.45, 7) is 3.11. The third kappa shape index (κ3) is 2.70. The molecule has 2 N–H and O–H groups in total. The Labute approximate surface area is 124 Å². The van der Waals surface area contributed by atoms with E-state index in [9.17, 15) is 0 Å². The molecule has 0 radical (unpaired) electrons.